The molecule has 0 unspecified atom stereocenters. The molecule has 5 nitrogen and oxygen atoms in total. The number of anilines is 1. The van der Waals surface area contributed by atoms with Crippen LogP contribution >= 0.6 is 11.6 Å². The van der Waals surface area contributed by atoms with Gasteiger partial charge in [0.2, 0.25) is 15.9 Å². The van der Waals surface area contributed by atoms with E-state index in [1.165, 1.54) is 4.31 Å². The van der Waals surface area contributed by atoms with Crippen LogP contribution in [0.2, 0.25) is 5.02 Å². The molecule has 0 saturated carbocycles. The van der Waals surface area contributed by atoms with Gasteiger partial charge in [-0.3, -0.25) is 4.79 Å². The summed E-state index contributed by atoms with van der Waals surface area (Å²) in [5.41, 5.74) is 3.08. The average Bonchev–Trinajstić information content (AvgIpc) is 2.73. The molecular weight excluding hydrogens is 408 g/mol. The van der Waals surface area contributed by atoms with Gasteiger partial charge in [0.1, 0.15) is 0 Å². The number of carbonyl (C=O) groups excluding carboxylic acids is 1. The van der Waals surface area contributed by atoms with Gasteiger partial charge in [-0.25, -0.2) is 8.42 Å². The highest BCUT2D eigenvalue weighted by Crippen LogP contribution is 2.33. The molecule has 1 amide bonds. The Morgan fingerprint density at radius 3 is 2.41 bits per heavy atom. The predicted octanol–water partition coefficient (Wildman–Crippen LogP) is 4.03. The summed E-state index contributed by atoms with van der Waals surface area (Å²) in [5, 5.41) is 0.688. The predicted molar refractivity (Wildman–Crippen MR) is 115 cm³/mol. The number of benzene rings is 2. The van der Waals surface area contributed by atoms with Gasteiger partial charge < -0.3 is 4.90 Å². The van der Waals surface area contributed by atoms with Crippen LogP contribution in [0.1, 0.15) is 30.4 Å². The molecule has 0 spiro atoms. The average molecular weight is 433 g/mol. The van der Waals surface area contributed by atoms with Crippen molar-refractivity contribution < 1.29 is 13.2 Å². The van der Waals surface area contributed by atoms with E-state index in [9.17, 15) is 13.2 Å². The first-order chi connectivity index (χ1) is 13.9. The molecule has 0 N–H and O–H groups in total. The third-order valence-electron chi connectivity index (χ3n) is 5.89. The van der Waals surface area contributed by atoms with Gasteiger partial charge in [-0.1, -0.05) is 29.3 Å². The Kier molecular flexibility index (Phi) is 5.69. The van der Waals surface area contributed by atoms with Gasteiger partial charge in [0, 0.05) is 36.3 Å². The van der Waals surface area contributed by atoms with E-state index in [0.717, 1.165) is 29.7 Å². The molecule has 2 aromatic rings. The van der Waals surface area contributed by atoms with Crippen LogP contribution in [0.3, 0.4) is 0 Å². The molecule has 0 aliphatic carbocycles. The summed E-state index contributed by atoms with van der Waals surface area (Å²) >= 11 is 6.10. The molecule has 4 rings (SSSR count). The lowest BCUT2D eigenvalue weighted by Gasteiger charge is -2.36. The molecule has 1 saturated heterocycles. The summed E-state index contributed by atoms with van der Waals surface area (Å²) in [4.78, 5) is 15.4. The largest absolute Gasteiger partial charge is 0.312 e. The normalized spacial score (nSPS) is 18.5. The van der Waals surface area contributed by atoms with Crippen LogP contribution in [0.15, 0.2) is 47.4 Å². The molecule has 0 atom stereocenters. The van der Waals surface area contributed by atoms with Crippen molar-refractivity contribution in [3.63, 3.8) is 0 Å². The third-order valence-corrected chi connectivity index (χ3v) is 8.04. The van der Waals surface area contributed by atoms with E-state index >= 15 is 0 Å². The van der Waals surface area contributed by atoms with E-state index in [2.05, 4.69) is 0 Å². The molecule has 2 aliphatic rings. The van der Waals surface area contributed by atoms with Crippen LogP contribution < -0.4 is 4.90 Å². The maximum Gasteiger partial charge on any atom is 0.243 e. The Morgan fingerprint density at radius 1 is 1.03 bits per heavy atom. The number of rotatable bonds is 3. The molecule has 1 fully saturated rings. The molecule has 2 heterocycles. The number of sulfonamides is 1. The highest BCUT2D eigenvalue weighted by Gasteiger charge is 2.35. The van der Waals surface area contributed by atoms with Crippen molar-refractivity contribution in [2.24, 2.45) is 5.92 Å². The first kappa shape index (κ1) is 20.4. The summed E-state index contributed by atoms with van der Waals surface area (Å²) in [5.74, 6) is -0.0539. The number of piperidine rings is 1. The highest BCUT2D eigenvalue weighted by atomic mass is 35.5. The van der Waals surface area contributed by atoms with Crippen molar-refractivity contribution in [2.75, 3.05) is 24.5 Å². The van der Waals surface area contributed by atoms with E-state index in [1.54, 1.807) is 12.1 Å². The number of carbonyl (C=O) groups is 1. The molecule has 0 radical (unpaired) electrons. The van der Waals surface area contributed by atoms with Crippen molar-refractivity contribution in [3.05, 3.63) is 58.6 Å². The maximum absolute atomic E-state index is 13.2. The second-order valence-electron chi connectivity index (χ2n) is 7.86. The van der Waals surface area contributed by atoms with Gasteiger partial charge in [0.15, 0.2) is 0 Å². The minimum absolute atomic E-state index is 0.0978. The highest BCUT2D eigenvalue weighted by molar-refractivity contribution is 7.89. The zero-order chi connectivity index (χ0) is 20.6. The Bertz CT molecular complexity index is 1010. The summed E-state index contributed by atoms with van der Waals surface area (Å²) < 4.78 is 27.3. The minimum Gasteiger partial charge on any atom is -0.312 e. The molecular formula is C22H25ClN2O3S. The topological polar surface area (TPSA) is 57.7 Å². The standard InChI is InChI=1S/C22H25ClN2O3S/c1-16-4-7-20(8-5-16)29(27,28)24-13-10-17(11-14-24)22(26)25-12-2-3-18-15-19(23)6-9-21(18)25/h4-9,15,17H,2-3,10-14H2,1H3. The quantitative estimate of drug-likeness (QED) is 0.735. The Balaban J connectivity index is 1.45. The molecule has 7 heteroatoms. The van der Waals surface area contributed by atoms with Crippen LogP contribution in [0, 0.1) is 12.8 Å². The van der Waals surface area contributed by atoms with E-state index in [0.29, 0.717) is 42.4 Å². The molecule has 2 aliphatic heterocycles. The monoisotopic (exact) mass is 432 g/mol. The van der Waals surface area contributed by atoms with Crippen molar-refractivity contribution in [2.45, 2.75) is 37.5 Å². The number of amides is 1. The summed E-state index contributed by atoms with van der Waals surface area (Å²) in [6.07, 6.45) is 2.93. The lowest BCUT2D eigenvalue weighted by atomic mass is 9.94. The van der Waals surface area contributed by atoms with Crippen LogP contribution in [0.25, 0.3) is 0 Å². The van der Waals surface area contributed by atoms with E-state index < -0.39 is 10.0 Å². The summed E-state index contributed by atoms with van der Waals surface area (Å²) in [7, 11) is -3.51. The SMILES string of the molecule is Cc1ccc(S(=O)(=O)N2CCC(C(=O)N3CCCc4cc(Cl)ccc43)CC2)cc1. The smallest absolute Gasteiger partial charge is 0.243 e. The number of halogens is 1. The van der Waals surface area contributed by atoms with Crippen molar-refractivity contribution >= 4 is 33.2 Å². The fraction of sp³-hybridized carbons (Fsp3) is 0.409. The molecule has 0 bridgehead atoms. The molecule has 2 aromatic carbocycles. The second kappa shape index (κ2) is 8.09. The van der Waals surface area contributed by atoms with Crippen LogP contribution in [0.5, 0.6) is 0 Å². The van der Waals surface area contributed by atoms with Crippen molar-refractivity contribution in [1.82, 2.24) is 4.31 Å². The second-order valence-corrected chi connectivity index (χ2v) is 10.2. The first-order valence-electron chi connectivity index (χ1n) is 10.0. The third kappa shape index (κ3) is 4.06. The number of fused-ring (bicyclic) bond motifs is 1. The van der Waals surface area contributed by atoms with Crippen LogP contribution in [0.4, 0.5) is 5.69 Å². The van der Waals surface area contributed by atoms with E-state index in [1.807, 2.05) is 42.2 Å². The van der Waals surface area contributed by atoms with Gasteiger partial charge in [-0.05, 0) is 68.5 Å². The number of nitrogens with zero attached hydrogens (tertiary/aromatic N) is 2. The molecule has 29 heavy (non-hydrogen) atoms. The number of hydrogen-bond acceptors (Lipinski definition) is 3. The first-order valence-corrected chi connectivity index (χ1v) is 11.8. The molecule has 154 valence electrons. The van der Waals surface area contributed by atoms with Crippen LogP contribution in [-0.2, 0) is 21.2 Å². The Morgan fingerprint density at radius 2 is 1.72 bits per heavy atom. The van der Waals surface area contributed by atoms with E-state index in [4.69, 9.17) is 11.6 Å². The zero-order valence-electron chi connectivity index (χ0n) is 16.5. The summed E-state index contributed by atoms with van der Waals surface area (Å²) in [6, 6.07) is 12.6. The maximum atomic E-state index is 13.2. The number of aryl methyl sites for hydroxylation is 2. The van der Waals surface area contributed by atoms with Crippen molar-refractivity contribution in [3.8, 4) is 0 Å². The lowest BCUT2D eigenvalue weighted by Crippen LogP contribution is -2.45. The molecule has 0 aromatic heterocycles. The zero-order valence-corrected chi connectivity index (χ0v) is 18.0. The van der Waals surface area contributed by atoms with Crippen molar-refractivity contribution in [1.29, 1.82) is 0 Å². The van der Waals surface area contributed by atoms with Crippen LogP contribution in [-0.4, -0.2) is 38.3 Å². The fourth-order valence-corrected chi connectivity index (χ4v) is 5.88. The Labute approximate surface area is 177 Å². The fourth-order valence-electron chi connectivity index (χ4n) is 4.22. The minimum atomic E-state index is -3.51. The van der Waals surface area contributed by atoms with Gasteiger partial charge >= 0.3 is 0 Å². The van der Waals surface area contributed by atoms with Gasteiger partial charge in [0.05, 0.1) is 4.90 Å². The Hall–Kier alpha value is -1.89. The van der Waals surface area contributed by atoms with Gasteiger partial charge in [-0.2, -0.15) is 4.31 Å². The van der Waals surface area contributed by atoms with Gasteiger partial charge in [-0.15, -0.1) is 0 Å². The lowest BCUT2D eigenvalue weighted by molar-refractivity contribution is -0.123. The number of hydrogen-bond donors (Lipinski definition) is 0. The summed E-state index contributed by atoms with van der Waals surface area (Å²) in [6.45, 7) is 3.37. The van der Waals surface area contributed by atoms with E-state index in [-0.39, 0.29) is 11.8 Å². The van der Waals surface area contributed by atoms with Gasteiger partial charge in [0.25, 0.3) is 0 Å².